The van der Waals surface area contributed by atoms with Gasteiger partial charge in [0.05, 0.1) is 59.1 Å². The Balaban J connectivity index is 1.07. The second-order valence-corrected chi connectivity index (χ2v) is 12.6. The van der Waals surface area contributed by atoms with Crippen LogP contribution in [0.1, 0.15) is 24.8 Å². The van der Waals surface area contributed by atoms with Gasteiger partial charge in [0.2, 0.25) is 5.88 Å². The number of likely N-dealkylation sites (tertiary alicyclic amines) is 1. The van der Waals surface area contributed by atoms with Crippen molar-refractivity contribution in [3.05, 3.63) is 70.5 Å². The molecule has 10 nitrogen and oxygen atoms in total. The number of ether oxygens (including phenoxy) is 4. The number of hydrogen-bond acceptors (Lipinski definition) is 8. The maximum absolute atomic E-state index is 13.2. The van der Waals surface area contributed by atoms with E-state index in [0.29, 0.717) is 40.2 Å². The van der Waals surface area contributed by atoms with Crippen molar-refractivity contribution >= 4 is 51.5 Å². The molecule has 4 aromatic rings. The molecule has 2 fully saturated rings. The molecule has 254 valence electrons. The van der Waals surface area contributed by atoms with Gasteiger partial charge in [0, 0.05) is 29.8 Å². The molecule has 2 amide bonds. The number of hydrogen-bond donors (Lipinski definition) is 2. The van der Waals surface area contributed by atoms with Gasteiger partial charge in [-0.2, -0.15) is 13.2 Å². The number of rotatable bonds is 10. The lowest BCUT2D eigenvalue weighted by Crippen LogP contribution is -2.51. The Morgan fingerprint density at radius 3 is 2.48 bits per heavy atom. The molecule has 2 saturated heterocycles. The van der Waals surface area contributed by atoms with E-state index in [0.717, 1.165) is 51.4 Å². The second-order valence-electron chi connectivity index (χ2n) is 11.8. The molecule has 0 atom stereocenters. The summed E-state index contributed by atoms with van der Waals surface area (Å²) in [6, 6.07) is 10.3. The Labute approximate surface area is 284 Å². The van der Waals surface area contributed by atoms with E-state index in [1.165, 1.54) is 37.4 Å². The van der Waals surface area contributed by atoms with Crippen LogP contribution < -0.4 is 24.8 Å². The monoisotopic (exact) mass is 705 g/mol. The molecule has 0 unspecified atom stereocenters. The number of anilines is 2. The number of benzene rings is 3. The zero-order valence-electron chi connectivity index (χ0n) is 25.8. The number of carbonyl (C=O) groups is 1. The van der Waals surface area contributed by atoms with Crippen LogP contribution >= 0.6 is 23.2 Å². The largest absolute Gasteiger partial charge is 0.493 e. The normalized spacial score (nSPS) is 16.0. The average Bonchev–Trinajstić information content (AvgIpc) is 3.04. The minimum atomic E-state index is -4.68. The first-order valence-corrected chi connectivity index (χ1v) is 16.0. The highest BCUT2D eigenvalue weighted by Crippen LogP contribution is 2.40. The van der Waals surface area contributed by atoms with Crippen LogP contribution in [0, 0.1) is 5.41 Å². The van der Waals surface area contributed by atoms with E-state index in [2.05, 4.69) is 25.5 Å². The summed E-state index contributed by atoms with van der Waals surface area (Å²) >= 11 is 12.1. The highest BCUT2D eigenvalue weighted by molar-refractivity contribution is 6.34. The molecule has 1 aromatic heterocycles. The van der Waals surface area contributed by atoms with Crippen molar-refractivity contribution in [1.82, 2.24) is 14.9 Å². The van der Waals surface area contributed by atoms with Crippen molar-refractivity contribution in [2.24, 2.45) is 5.41 Å². The number of fused-ring (bicyclic) bond motifs is 1. The average molecular weight is 707 g/mol. The minimum absolute atomic E-state index is 0.102. The fourth-order valence-electron chi connectivity index (χ4n) is 5.67. The fraction of sp³-hybridized carbons (Fsp3) is 0.364. The minimum Gasteiger partial charge on any atom is -0.493 e. The third-order valence-corrected chi connectivity index (χ3v) is 9.07. The molecule has 0 bridgehead atoms. The lowest BCUT2D eigenvalue weighted by Gasteiger charge is -2.47. The van der Waals surface area contributed by atoms with Crippen LogP contribution in [0.3, 0.4) is 0 Å². The Morgan fingerprint density at radius 2 is 1.79 bits per heavy atom. The van der Waals surface area contributed by atoms with Gasteiger partial charge in [0.15, 0.2) is 11.5 Å². The fourth-order valence-corrected chi connectivity index (χ4v) is 6.11. The number of halogens is 5. The first kappa shape index (κ1) is 33.8. The maximum Gasteiger partial charge on any atom is 0.417 e. The first-order valence-electron chi connectivity index (χ1n) is 15.2. The van der Waals surface area contributed by atoms with Crippen LogP contribution in [-0.2, 0) is 10.9 Å². The van der Waals surface area contributed by atoms with Gasteiger partial charge < -0.3 is 34.5 Å². The molecule has 1 spiro atoms. The molecule has 2 N–H and O–H groups in total. The zero-order chi connectivity index (χ0) is 33.9. The van der Waals surface area contributed by atoms with Gasteiger partial charge in [-0.05, 0) is 68.8 Å². The van der Waals surface area contributed by atoms with Gasteiger partial charge >= 0.3 is 12.2 Å². The summed E-state index contributed by atoms with van der Waals surface area (Å²) in [5, 5.41) is 5.05. The van der Waals surface area contributed by atoms with Gasteiger partial charge in [0.25, 0.3) is 0 Å². The number of aromatic nitrogens is 2. The van der Waals surface area contributed by atoms with Gasteiger partial charge in [-0.25, -0.2) is 14.8 Å². The number of piperidine rings is 1. The van der Waals surface area contributed by atoms with Gasteiger partial charge in [-0.3, -0.25) is 0 Å². The Bertz CT molecular complexity index is 1800. The zero-order valence-corrected chi connectivity index (χ0v) is 27.3. The van der Waals surface area contributed by atoms with Crippen LogP contribution in [0.4, 0.5) is 29.3 Å². The quantitative estimate of drug-likeness (QED) is 0.159. The summed E-state index contributed by atoms with van der Waals surface area (Å²) < 4.78 is 62.7. The van der Waals surface area contributed by atoms with Crippen LogP contribution in [0.25, 0.3) is 10.9 Å². The van der Waals surface area contributed by atoms with Crippen molar-refractivity contribution in [1.29, 1.82) is 0 Å². The van der Waals surface area contributed by atoms with E-state index < -0.39 is 22.8 Å². The first-order chi connectivity index (χ1) is 23.0. The smallest absolute Gasteiger partial charge is 0.417 e. The van der Waals surface area contributed by atoms with Crippen LogP contribution in [0.15, 0.2) is 54.9 Å². The summed E-state index contributed by atoms with van der Waals surface area (Å²) in [6.45, 7) is 5.44. The number of amides is 2. The number of nitrogens with one attached hydrogen (secondary N) is 2. The molecule has 6 rings (SSSR count). The number of alkyl halides is 3. The Morgan fingerprint density at radius 1 is 1.00 bits per heavy atom. The van der Waals surface area contributed by atoms with Crippen molar-refractivity contribution in [3.8, 4) is 23.1 Å². The van der Waals surface area contributed by atoms with E-state index in [4.69, 9.17) is 42.1 Å². The number of carbonyl (C=O) groups excluding carboxylic acids is 1. The van der Waals surface area contributed by atoms with Gasteiger partial charge in [0.1, 0.15) is 12.1 Å². The molecular weight excluding hydrogens is 674 g/mol. The lowest BCUT2D eigenvalue weighted by atomic mass is 9.77. The summed E-state index contributed by atoms with van der Waals surface area (Å²) in [6.07, 6.45) is -0.0695. The van der Waals surface area contributed by atoms with Crippen molar-refractivity contribution < 1.29 is 36.9 Å². The predicted octanol–water partition coefficient (Wildman–Crippen LogP) is 8.28. The van der Waals surface area contributed by atoms with Crippen LogP contribution in [0.5, 0.6) is 23.1 Å². The molecule has 0 aliphatic carbocycles. The van der Waals surface area contributed by atoms with E-state index in [1.807, 2.05) is 0 Å². The van der Waals surface area contributed by atoms with E-state index in [1.54, 1.807) is 25.3 Å². The number of urea groups is 1. The summed E-state index contributed by atoms with van der Waals surface area (Å²) in [5.74, 6) is 1.61. The lowest BCUT2D eigenvalue weighted by molar-refractivity contribution is -0.139. The third kappa shape index (κ3) is 7.81. The molecule has 48 heavy (non-hydrogen) atoms. The predicted molar refractivity (Wildman–Crippen MR) is 176 cm³/mol. The van der Waals surface area contributed by atoms with E-state index in [9.17, 15) is 18.0 Å². The summed E-state index contributed by atoms with van der Waals surface area (Å²) in [7, 11) is 1.55. The Hall–Kier alpha value is -4.04. The van der Waals surface area contributed by atoms with Crippen molar-refractivity contribution in [3.63, 3.8) is 0 Å². The van der Waals surface area contributed by atoms with Crippen molar-refractivity contribution in [2.45, 2.75) is 25.4 Å². The highest BCUT2D eigenvalue weighted by Gasteiger charge is 2.41. The molecule has 0 radical (unpaired) electrons. The number of nitrogens with zero attached hydrogens (tertiary/aromatic N) is 3. The standard InChI is InChI=1S/C33H32Cl2F3N5O5/c1-45-28-15-22-27(16-29(28)47-12-2-9-43-10-7-32(8-11-43)17-46-18-32)39-19-40-30(22)48-21-4-6-26(25(35)14-21)42-31(44)41-20-3-5-24(34)23(13-20)33(36,37)38/h3-6,13-16,19H,2,7-12,17-18H2,1H3,(H2,41,42,44). The molecular formula is C33H32Cl2F3N5O5. The second kappa shape index (κ2) is 14.2. The summed E-state index contributed by atoms with van der Waals surface area (Å²) in [5.41, 5.74) is 0.0197. The molecule has 3 aromatic carbocycles. The molecule has 2 aliphatic rings. The topological polar surface area (TPSA) is 107 Å². The van der Waals surface area contributed by atoms with Gasteiger partial charge in [-0.1, -0.05) is 23.2 Å². The molecule has 0 saturated carbocycles. The maximum atomic E-state index is 13.2. The van der Waals surface area contributed by atoms with E-state index >= 15 is 0 Å². The highest BCUT2D eigenvalue weighted by atomic mass is 35.5. The van der Waals surface area contributed by atoms with Crippen molar-refractivity contribution in [2.75, 3.05) is 57.2 Å². The molecule has 15 heteroatoms. The van der Waals surface area contributed by atoms with Gasteiger partial charge in [-0.15, -0.1) is 0 Å². The Kier molecular flexibility index (Phi) is 10.0. The molecule has 2 aliphatic heterocycles. The van der Waals surface area contributed by atoms with Crippen LogP contribution in [-0.4, -0.2) is 67.5 Å². The third-order valence-electron chi connectivity index (χ3n) is 8.43. The molecule has 3 heterocycles. The van der Waals surface area contributed by atoms with E-state index in [-0.39, 0.29) is 22.3 Å². The number of methoxy groups -OCH3 is 1. The van der Waals surface area contributed by atoms with Crippen LogP contribution in [0.2, 0.25) is 10.0 Å². The summed E-state index contributed by atoms with van der Waals surface area (Å²) in [4.78, 5) is 23.6. The SMILES string of the molecule is COc1cc2c(Oc3ccc(NC(=O)Nc4ccc(Cl)c(C(F)(F)F)c4)c(Cl)c3)ncnc2cc1OCCCN1CCC2(CC1)COC2.